The zero-order valence-corrected chi connectivity index (χ0v) is 13.5. The zero-order valence-electron chi connectivity index (χ0n) is 12.6. The van der Waals surface area contributed by atoms with Crippen LogP contribution in [0.1, 0.15) is 41.1 Å². The summed E-state index contributed by atoms with van der Waals surface area (Å²) in [5, 5.41) is 15.9. The number of nitrogens with one attached hydrogen (secondary N) is 2. The third kappa shape index (κ3) is 2.80. The van der Waals surface area contributed by atoms with Gasteiger partial charge in [0.25, 0.3) is 10.0 Å². The Hall–Kier alpha value is -2.40. The van der Waals surface area contributed by atoms with Crippen LogP contribution in [0.25, 0.3) is 0 Å². The van der Waals surface area contributed by atoms with Crippen LogP contribution in [0.4, 0.5) is 10.2 Å². The maximum atomic E-state index is 13.7. The Kier molecular flexibility index (Phi) is 3.60. The third-order valence-electron chi connectivity index (χ3n) is 3.84. The molecule has 1 fully saturated rings. The van der Waals surface area contributed by atoms with Gasteiger partial charge >= 0.3 is 0 Å². The van der Waals surface area contributed by atoms with Gasteiger partial charge in [0.05, 0.1) is 10.6 Å². The smallest absolute Gasteiger partial charge is 0.263 e. The topological polar surface area (TPSA) is 98.6 Å². The minimum atomic E-state index is -3.95. The second kappa shape index (κ2) is 5.35. The van der Waals surface area contributed by atoms with Gasteiger partial charge in [-0.15, -0.1) is 0 Å². The van der Waals surface area contributed by atoms with E-state index in [1.165, 1.54) is 26.0 Å². The van der Waals surface area contributed by atoms with Gasteiger partial charge in [0.15, 0.2) is 5.82 Å². The lowest BCUT2D eigenvalue weighted by atomic mass is 10.1. The summed E-state index contributed by atoms with van der Waals surface area (Å²) in [7, 11) is -3.95. The highest BCUT2D eigenvalue weighted by molar-refractivity contribution is 7.92. The fourth-order valence-corrected chi connectivity index (χ4v) is 3.64. The molecule has 0 aliphatic heterocycles. The van der Waals surface area contributed by atoms with Gasteiger partial charge in [-0.3, -0.25) is 9.82 Å². The van der Waals surface area contributed by atoms with Crippen molar-refractivity contribution in [2.24, 2.45) is 0 Å². The predicted octanol–water partition coefficient (Wildman–Crippen LogP) is 2.72. The molecule has 1 aliphatic carbocycles. The fraction of sp³-hybridized carbons (Fsp3) is 0.333. The molecule has 0 amide bonds. The highest BCUT2D eigenvalue weighted by Gasteiger charge is 2.31. The average Bonchev–Trinajstić information content (AvgIpc) is 3.26. The number of nitrogens with zero attached hydrogens (tertiary/aromatic N) is 2. The van der Waals surface area contributed by atoms with E-state index in [2.05, 4.69) is 14.9 Å². The Morgan fingerprint density at radius 2 is 1.96 bits per heavy atom. The fourth-order valence-electron chi connectivity index (χ4n) is 2.46. The van der Waals surface area contributed by atoms with E-state index in [-0.39, 0.29) is 33.3 Å². The number of aromatic amines is 1. The van der Waals surface area contributed by atoms with Crippen LogP contribution >= 0.6 is 0 Å². The molecule has 2 aromatic rings. The summed E-state index contributed by atoms with van der Waals surface area (Å²) in [5.41, 5.74) is 1.36. The first-order chi connectivity index (χ1) is 10.8. The van der Waals surface area contributed by atoms with Crippen LogP contribution in [0, 0.1) is 31.0 Å². The number of halogens is 1. The van der Waals surface area contributed by atoms with E-state index in [0.717, 1.165) is 12.8 Å². The molecule has 1 aromatic heterocycles. The van der Waals surface area contributed by atoms with E-state index in [1.54, 1.807) is 0 Å². The van der Waals surface area contributed by atoms with Crippen LogP contribution in [0.15, 0.2) is 17.0 Å². The van der Waals surface area contributed by atoms with Crippen molar-refractivity contribution < 1.29 is 12.8 Å². The van der Waals surface area contributed by atoms with E-state index >= 15 is 0 Å². The van der Waals surface area contributed by atoms with Crippen molar-refractivity contribution in [2.45, 2.75) is 37.5 Å². The molecule has 23 heavy (non-hydrogen) atoms. The Balaban J connectivity index is 1.98. The molecule has 120 valence electrons. The molecule has 0 unspecified atom stereocenters. The van der Waals surface area contributed by atoms with Crippen molar-refractivity contribution in [3.8, 4) is 6.07 Å². The van der Waals surface area contributed by atoms with Crippen molar-refractivity contribution in [1.29, 1.82) is 5.26 Å². The summed E-state index contributed by atoms with van der Waals surface area (Å²) in [6, 6.07) is 4.50. The molecule has 0 spiro atoms. The summed E-state index contributed by atoms with van der Waals surface area (Å²) in [6.07, 6.45) is 1.92. The molecule has 0 atom stereocenters. The van der Waals surface area contributed by atoms with Crippen molar-refractivity contribution in [3.63, 3.8) is 0 Å². The zero-order chi connectivity index (χ0) is 16.8. The number of H-pyrrole nitrogens is 1. The lowest BCUT2D eigenvalue weighted by Gasteiger charge is -2.09. The molecule has 6 nitrogen and oxygen atoms in total. The van der Waals surface area contributed by atoms with Gasteiger partial charge in [0.1, 0.15) is 17.4 Å². The molecule has 1 saturated carbocycles. The molecule has 2 N–H and O–H groups in total. The first-order valence-corrected chi connectivity index (χ1v) is 8.59. The molecular formula is C15H15FN4O2S. The number of rotatable bonds is 4. The molecule has 1 aliphatic rings. The van der Waals surface area contributed by atoms with E-state index in [4.69, 9.17) is 0 Å². The van der Waals surface area contributed by atoms with Gasteiger partial charge in [0.2, 0.25) is 0 Å². The number of aromatic nitrogens is 2. The van der Waals surface area contributed by atoms with Crippen LogP contribution in [0.2, 0.25) is 0 Å². The number of nitriles is 1. The van der Waals surface area contributed by atoms with E-state index in [1.807, 2.05) is 6.07 Å². The van der Waals surface area contributed by atoms with Gasteiger partial charge in [-0.2, -0.15) is 10.4 Å². The number of sulfonamides is 1. The summed E-state index contributed by atoms with van der Waals surface area (Å²) in [6.45, 7) is 3.00. The minimum absolute atomic E-state index is 0.0194. The van der Waals surface area contributed by atoms with Gasteiger partial charge in [0, 0.05) is 5.92 Å². The van der Waals surface area contributed by atoms with Crippen molar-refractivity contribution >= 4 is 15.8 Å². The standard InChI is InChI=1S/C15H15FN4O2S/c1-8-5-11(6-9(2)13(8)16)23(21,22)20-15-12(7-17)14(18-19-15)10-3-4-10/h5-6,10H,3-4H2,1-2H3,(H2,18,19,20). The van der Waals surface area contributed by atoms with Crippen LogP contribution in [0.5, 0.6) is 0 Å². The van der Waals surface area contributed by atoms with Crippen LogP contribution < -0.4 is 4.72 Å². The quantitative estimate of drug-likeness (QED) is 0.898. The number of hydrogen-bond acceptors (Lipinski definition) is 4. The first kappa shape index (κ1) is 15.5. The largest absolute Gasteiger partial charge is 0.279 e. The molecule has 1 aromatic carbocycles. The van der Waals surface area contributed by atoms with E-state index in [0.29, 0.717) is 5.69 Å². The second-order valence-corrected chi connectivity index (χ2v) is 7.41. The molecule has 1 heterocycles. The van der Waals surface area contributed by atoms with Crippen molar-refractivity contribution in [2.75, 3.05) is 4.72 Å². The van der Waals surface area contributed by atoms with Gasteiger partial charge in [-0.05, 0) is 49.9 Å². The lowest BCUT2D eigenvalue weighted by Crippen LogP contribution is -2.15. The van der Waals surface area contributed by atoms with E-state index in [9.17, 15) is 18.1 Å². The first-order valence-electron chi connectivity index (χ1n) is 7.11. The maximum absolute atomic E-state index is 13.7. The second-order valence-electron chi connectivity index (χ2n) is 5.72. The molecule has 3 rings (SSSR count). The predicted molar refractivity (Wildman–Crippen MR) is 82.0 cm³/mol. The SMILES string of the molecule is Cc1cc(S(=O)(=O)Nc2n[nH]c(C3CC3)c2C#N)cc(C)c1F. The number of aryl methyl sites for hydroxylation is 2. The van der Waals surface area contributed by atoms with Crippen molar-refractivity contribution in [3.05, 3.63) is 40.3 Å². The average molecular weight is 334 g/mol. The number of benzene rings is 1. The normalized spacial score (nSPS) is 14.5. The van der Waals surface area contributed by atoms with Gasteiger partial charge < -0.3 is 0 Å². The summed E-state index contributed by atoms with van der Waals surface area (Å²) >= 11 is 0. The lowest BCUT2D eigenvalue weighted by molar-refractivity contribution is 0.595. The third-order valence-corrected chi connectivity index (χ3v) is 5.16. The Labute approximate surface area is 133 Å². The molecule has 0 radical (unpaired) electrons. The van der Waals surface area contributed by atoms with Gasteiger partial charge in [-0.1, -0.05) is 0 Å². The Bertz CT molecular complexity index is 900. The summed E-state index contributed by atoms with van der Waals surface area (Å²) in [4.78, 5) is -0.0613. The van der Waals surface area contributed by atoms with Crippen molar-refractivity contribution in [1.82, 2.24) is 10.2 Å². The Morgan fingerprint density at radius 3 is 2.48 bits per heavy atom. The molecule has 0 bridgehead atoms. The highest BCUT2D eigenvalue weighted by atomic mass is 32.2. The van der Waals surface area contributed by atoms with Crippen LogP contribution in [-0.2, 0) is 10.0 Å². The Morgan fingerprint density at radius 1 is 1.35 bits per heavy atom. The summed E-state index contributed by atoms with van der Waals surface area (Å²) < 4.78 is 41.0. The van der Waals surface area contributed by atoms with Crippen LogP contribution in [0.3, 0.4) is 0 Å². The molecule has 8 heteroatoms. The molecule has 0 saturated heterocycles. The highest BCUT2D eigenvalue weighted by Crippen LogP contribution is 2.42. The number of anilines is 1. The van der Waals surface area contributed by atoms with E-state index < -0.39 is 15.8 Å². The monoisotopic (exact) mass is 334 g/mol. The number of hydrogen-bond donors (Lipinski definition) is 2. The summed E-state index contributed by atoms with van der Waals surface area (Å²) in [5.74, 6) is -0.211. The molecular weight excluding hydrogens is 319 g/mol. The minimum Gasteiger partial charge on any atom is -0.279 e. The van der Waals surface area contributed by atoms with Gasteiger partial charge in [-0.25, -0.2) is 12.8 Å². The van der Waals surface area contributed by atoms with Crippen LogP contribution in [-0.4, -0.2) is 18.6 Å². The maximum Gasteiger partial charge on any atom is 0.263 e.